The lowest BCUT2D eigenvalue weighted by molar-refractivity contribution is 1.13. The molecule has 0 N–H and O–H groups in total. The highest BCUT2D eigenvalue weighted by Gasteiger charge is 2.09. The summed E-state index contributed by atoms with van der Waals surface area (Å²) >= 11 is 0. The zero-order chi connectivity index (χ0) is 10.1. The number of hydrogen-bond acceptors (Lipinski definition) is 0. The normalized spacial score (nSPS) is 10.8. The molecule has 0 aromatic rings. The van der Waals surface area contributed by atoms with Crippen molar-refractivity contribution in [2.45, 2.75) is 27.2 Å². The zero-order valence-electron chi connectivity index (χ0n) is 9.09. The summed E-state index contributed by atoms with van der Waals surface area (Å²) < 4.78 is 0. The molecule has 0 aromatic carbocycles. The average Bonchev–Trinajstić information content (AvgIpc) is 2.36. The van der Waals surface area contributed by atoms with Crippen molar-refractivity contribution in [1.82, 2.24) is 0 Å². The molecule has 0 nitrogen and oxygen atoms in total. The second-order valence-electron chi connectivity index (χ2n) is 3.93. The first-order valence-corrected chi connectivity index (χ1v) is 5.21. The van der Waals surface area contributed by atoms with Crippen LogP contribution in [0.1, 0.15) is 23.6 Å². The van der Waals surface area contributed by atoms with Crippen molar-refractivity contribution in [3.63, 3.8) is 0 Å². The number of fused-ring (bicyclic) bond motifs is 1. The van der Waals surface area contributed by atoms with Gasteiger partial charge in [-0.2, -0.15) is 0 Å². The van der Waals surface area contributed by atoms with Crippen molar-refractivity contribution in [1.29, 1.82) is 0 Å². The molecule has 2 aliphatic rings. The van der Waals surface area contributed by atoms with Crippen LogP contribution < -0.4 is 0 Å². The summed E-state index contributed by atoms with van der Waals surface area (Å²) in [5, 5.41) is 0. The molecule has 0 radical (unpaired) electrons. The van der Waals surface area contributed by atoms with E-state index >= 15 is 0 Å². The first-order chi connectivity index (χ1) is 6.72. The van der Waals surface area contributed by atoms with Crippen molar-refractivity contribution < 1.29 is 0 Å². The van der Waals surface area contributed by atoms with Crippen LogP contribution in [0.2, 0.25) is 0 Å². The summed E-state index contributed by atoms with van der Waals surface area (Å²) in [6, 6.07) is 11.1. The first kappa shape index (κ1) is 9.26. The van der Waals surface area contributed by atoms with Gasteiger partial charge in [0.1, 0.15) is 0 Å². The van der Waals surface area contributed by atoms with Crippen LogP contribution in [-0.2, 0) is 6.42 Å². The third kappa shape index (κ3) is 1.41. The minimum atomic E-state index is 1.13. The fraction of sp³-hybridized carbons (Fsp3) is 0.286. The van der Waals surface area contributed by atoms with E-state index in [0.717, 1.165) is 6.42 Å². The molecule has 2 rings (SSSR count). The molecular weight excluding hydrogens is 168 g/mol. The fourth-order valence-corrected chi connectivity index (χ4v) is 1.98. The number of hydrogen-bond donors (Lipinski definition) is 0. The second-order valence-corrected chi connectivity index (χ2v) is 3.93. The molecule has 0 atom stereocenters. The second kappa shape index (κ2) is 3.45. The predicted molar refractivity (Wildman–Crippen MR) is 61.9 cm³/mol. The van der Waals surface area contributed by atoms with Crippen molar-refractivity contribution in [3.8, 4) is 11.1 Å². The standard InChI is InChI=1S/C14H16/c1-4-12-9-13-7-5-10(2)6-8-14(13)11(12)3/h5-9H,4H2,1-3H3. The summed E-state index contributed by atoms with van der Waals surface area (Å²) in [5.41, 5.74) is 7.00. The predicted octanol–water partition coefficient (Wildman–Crippen LogP) is 3.97. The third-order valence-corrected chi connectivity index (χ3v) is 2.95. The summed E-state index contributed by atoms with van der Waals surface area (Å²) in [7, 11) is 0. The highest BCUT2D eigenvalue weighted by molar-refractivity contribution is 5.73. The van der Waals surface area contributed by atoms with Gasteiger partial charge in [0.25, 0.3) is 0 Å². The Balaban J connectivity index is 2.69. The zero-order valence-corrected chi connectivity index (χ0v) is 9.09. The van der Waals surface area contributed by atoms with Crippen LogP contribution in [0, 0.1) is 13.8 Å². The Hall–Kier alpha value is -1.30. The van der Waals surface area contributed by atoms with E-state index < -0.39 is 0 Å². The quantitative estimate of drug-likeness (QED) is 0.629. The van der Waals surface area contributed by atoms with Crippen LogP contribution >= 0.6 is 0 Å². The molecule has 0 heterocycles. The van der Waals surface area contributed by atoms with E-state index in [1.165, 1.54) is 27.8 Å². The maximum Gasteiger partial charge on any atom is -0.0152 e. The van der Waals surface area contributed by atoms with Crippen molar-refractivity contribution in [2.75, 3.05) is 0 Å². The van der Waals surface area contributed by atoms with E-state index in [2.05, 4.69) is 51.1 Å². The van der Waals surface area contributed by atoms with Gasteiger partial charge in [-0.1, -0.05) is 42.8 Å². The largest absolute Gasteiger partial charge is 0.0613 e. The molecule has 0 aliphatic heterocycles. The van der Waals surface area contributed by atoms with E-state index in [0.29, 0.717) is 0 Å². The first-order valence-electron chi connectivity index (χ1n) is 5.21. The van der Waals surface area contributed by atoms with Gasteiger partial charge in [0.2, 0.25) is 0 Å². The minimum Gasteiger partial charge on any atom is -0.0613 e. The lowest BCUT2D eigenvalue weighted by Crippen LogP contribution is -1.77. The van der Waals surface area contributed by atoms with Gasteiger partial charge in [0.05, 0.1) is 0 Å². The average molecular weight is 184 g/mol. The highest BCUT2D eigenvalue weighted by Crippen LogP contribution is 2.30. The molecule has 2 aliphatic carbocycles. The fourth-order valence-electron chi connectivity index (χ4n) is 1.98. The monoisotopic (exact) mass is 184 g/mol. The Morgan fingerprint density at radius 2 is 1.71 bits per heavy atom. The highest BCUT2D eigenvalue weighted by atomic mass is 14.1. The SMILES string of the molecule is CCc1cc2ccc(C)ccc-2c1C. The van der Waals surface area contributed by atoms with E-state index in [1.807, 2.05) is 0 Å². The van der Waals surface area contributed by atoms with Gasteiger partial charge in [0, 0.05) is 0 Å². The van der Waals surface area contributed by atoms with Gasteiger partial charge in [-0.05, 0) is 42.5 Å². The topological polar surface area (TPSA) is 0 Å². The maximum absolute atomic E-state index is 2.31. The molecule has 0 amide bonds. The summed E-state index contributed by atoms with van der Waals surface area (Å²) in [6.45, 7) is 6.57. The Morgan fingerprint density at radius 3 is 2.43 bits per heavy atom. The van der Waals surface area contributed by atoms with E-state index in [4.69, 9.17) is 0 Å². The van der Waals surface area contributed by atoms with Crippen molar-refractivity contribution >= 4 is 0 Å². The summed E-state index contributed by atoms with van der Waals surface area (Å²) in [4.78, 5) is 0. The van der Waals surface area contributed by atoms with E-state index in [1.54, 1.807) is 0 Å². The van der Waals surface area contributed by atoms with Crippen molar-refractivity contribution in [2.24, 2.45) is 0 Å². The minimum absolute atomic E-state index is 1.13. The lowest BCUT2D eigenvalue weighted by Gasteiger charge is -1.94. The summed E-state index contributed by atoms with van der Waals surface area (Å²) in [5.74, 6) is 0. The van der Waals surface area contributed by atoms with Crippen LogP contribution in [0.3, 0.4) is 0 Å². The van der Waals surface area contributed by atoms with Crippen LogP contribution in [-0.4, -0.2) is 0 Å². The Bertz CT molecular complexity index is 427. The molecule has 0 heteroatoms. The Kier molecular flexibility index (Phi) is 2.28. The van der Waals surface area contributed by atoms with Crippen LogP contribution in [0.15, 0.2) is 30.3 Å². The molecule has 0 bridgehead atoms. The smallest absolute Gasteiger partial charge is 0.0152 e. The van der Waals surface area contributed by atoms with Crippen LogP contribution in [0.25, 0.3) is 11.1 Å². The van der Waals surface area contributed by atoms with Crippen molar-refractivity contribution in [3.05, 3.63) is 47.0 Å². The van der Waals surface area contributed by atoms with Gasteiger partial charge in [-0.15, -0.1) is 0 Å². The molecule has 0 unspecified atom stereocenters. The Morgan fingerprint density at radius 1 is 1.00 bits per heavy atom. The lowest BCUT2D eigenvalue weighted by atomic mass is 10.1. The van der Waals surface area contributed by atoms with E-state index in [9.17, 15) is 0 Å². The van der Waals surface area contributed by atoms with E-state index in [-0.39, 0.29) is 0 Å². The molecule has 0 spiro atoms. The molecule has 72 valence electrons. The van der Waals surface area contributed by atoms with Gasteiger partial charge in [0.15, 0.2) is 0 Å². The molecule has 0 saturated heterocycles. The molecular formula is C14H16. The van der Waals surface area contributed by atoms with Crippen LogP contribution in [0.4, 0.5) is 0 Å². The molecule has 14 heavy (non-hydrogen) atoms. The molecule has 0 saturated carbocycles. The van der Waals surface area contributed by atoms with Gasteiger partial charge >= 0.3 is 0 Å². The summed E-state index contributed by atoms with van der Waals surface area (Å²) in [6.07, 6.45) is 1.13. The number of aryl methyl sites for hydroxylation is 2. The van der Waals surface area contributed by atoms with Crippen LogP contribution in [0.5, 0.6) is 0 Å². The molecule has 0 aromatic heterocycles. The van der Waals surface area contributed by atoms with Gasteiger partial charge in [-0.25, -0.2) is 0 Å². The van der Waals surface area contributed by atoms with Gasteiger partial charge in [-0.3, -0.25) is 0 Å². The van der Waals surface area contributed by atoms with Gasteiger partial charge < -0.3 is 0 Å². The molecule has 0 fully saturated rings. The number of rotatable bonds is 1. The maximum atomic E-state index is 2.31. The third-order valence-electron chi connectivity index (χ3n) is 2.95. The Labute approximate surface area is 85.9 Å².